The van der Waals surface area contributed by atoms with Crippen LogP contribution < -0.4 is 10.6 Å². The SMILES string of the molecule is Fc1cccc(F)c1Nc1cnnc(NCCc2ccc(Cl)cc2Cl)n1. The van der Waals surface area contributed by atoms with Crippen molar-refractivity contribution >= 4 is 40.7 Å². The molecule has 9 heteroatoms. The third kappa shape index (κ3) is 4.56. The van der Waals surface area contributed by atoms with Crippen LogP contribution in [0.15, 0.2) is 42.6 Å². The Bertz CT molecular complexity index is 903. The lowest BCUT2D eigenvalue weighted by atomic mass is 10.1. The molecule has 0 aliphatic rings. The zero-order valence-electron chi connectivity index (χ0n) is 13.3. The van der Waals surface area contributed by atoms with Gasteiger partial charge in [-0.2, -0.15) is 10.1 Å². The topological polar surface area (TPSA) is 62.7 Å². The molecule has 0 radical (unpaired) electrons. The molecule has 0 fully saturated rings. The van der Waals surface area contributed by atoms with Gasteiger partial charge in [-0.1, -0.05) is 35.3 Å². The maximum Gasteiger partial charge on any atom is 0.244 e. The van der Waals surface area contributed by atoms with Gasteiger partial charge >= 0.3 is 0 Å². The van der Waals surface area contributed by atoms with Crippen molar-refractivity contribution in [3.05, 3.63) is 69.8 Å². The van der Waals surface area contributed by atoms with Crippen LogP contribution in [-0.4, -0.2) is 21.7 Å². The van der Waals surface area contributed by atoms with E-state index < -0.39 is 11.6 Å². The Labute approximate surface area is 158 Å². The summed E-state index contributed by atoms with van der Waals surface area (Å²) in [5.41, 5.74) is 0.617. The number of halogens is 4. The molecule has 0 saturated carbocycles. The zero-order chi connectivity index (χ0) is 18.5. The molecule has 0 saturated heterocycles. The monoisotopic (exact) mass is 395 g/mol. The Hall–Kier alpha value is -2.51. The van der Waals surface area contributed by atoms with Gasteiger partial charge in [0.15, 0.2) is 5.82 Å². The molecule has 0 spiro atoms. The van der Waals surface area contributed by atoms with Crippen molar-refractivity contribution in [1.29, 1.82) is 0 Å². The second-order valence-corrected chi connectivity index (χ2v) is 6.14. The highest BCUT2D eigenvalue weighted by atomic mass is 35.5. The third-order valence-corrected chi connectivity index (χ3v) is 4.05. The number of nitrogens with zero attached hydrogens (tertiary/aromatic N) is 3. The van der Waals surface area contributed by atoms with Gasteiger partial charge in [-0.15, -0.1) is 5.10 Å². The lowest BCUT2D eigenvalue weighted by Crippen LogP contribution is -2.10. The number of para-hydroxylation sites is 1. The van der Waals surface area contributed by atoms with E-state index in [-0.39, 0.29) is 17.5 Å². The van der Waals surface area contributed by atoms with Crippen LogP contribution in [0.4, 0.5) is 26.2 Å². The summed E-state index contributed by atoms with van der Waals surface area (Å²) in [6.45, 7) is 0.487. The highest BCUT2D eigenvalue weighted by Crippen LogP contribution is 2.23. The van der Waals surface area contributed by atoms with Crippen molar-refractivity contribution < 1.29 is 8.78 Å². The molecular weight excluding hydrogens is 383 g/mol. The summed E-state index contributed by atoms with van der Waals surface area (Å²) in [5, 5.41) is 14.3. The number of anilines is 3. The number of aromatic nitrogens is 3. The summed E-state index contributed by atoms with van der Waals surface area (Å²) in [4.78, 5) is 4.13. The molecule has 2 N–H and O–H groups in total. The molecule has 0 bridgehead atoms. The van der Waals surface area contributed by atoms with E-state index in [1.165, 1.54) is 12.3 Å². The van der Waals surface area contributed by atoms with Gasteiger partial charge in [-0.3, -0.25) is 0 Å². The van der Waals surface area contributed by atoms with Crippen LogP contribution in [0.25, 0.3) is 0 Å². The molecule has 0 aliphatic heterocycles. The van der Waals surface area contributed by atoms with Gasteiger partial charge in [-0.25, -0.2) is 8.78 Å². The molecule has 0 amide bonds. The van der Waals surface area contributed by atoms with E-state index in [2.05, 4.69) is 25.8 Å². The van der Waals surface area contributed by atoms with Gasteiger partial charge in [0.05, 0.1) is 6.20 Å². The van der Waals surface area contributed by atoms with E-state index in [0.717, 1.165) is 17.7 Å². The van der Waals surface area contributed by atoms with Crippen LogP contribution in [0.3, 0.4) is 0 Å². The van der Waals surface area contributed by atoms with Crippen LogP contribution in [0.5, 0.6) is 0 Å². The second-order valence-electron chi connectivity index (χ2n) is 5.30. The van der Waals surface area contributed by atoms with E-state index in [9.17, 15) is 8.78 Å². The van der Waals surface area contributed by atoms with Crippen molar-refractivity contribution in [2.75, 3.05) is 17.2 Å². The van der Waals surface area contributed by atoms with Crippen LogP contribution in [-0.2, 0) is 6.42 Å². The van der Waals surface area contributed by atoms with E-state index >= 15 is 0 Å². The summed E-state index contributed by atoms with van der Waals surface area (Å²) < 4.78 is 27.4. The quantitative estimate of drug-likeness (QED) is 0.624. The van der Waals surface area contributed by atoms with Gasteiger partial charge in [0.2, 0.25) is 5.95 Å². The first-order valence-corrected chi connectivity index (χ1v) is 8.37. The Balaban J connectivity index is 1.64. The average molecular weight is 396 g/mol. The summed E-state index contributed by atoms with van der Waals surface area (Å²) >= 11 is 12.0. The highest BCUT2D eigenvalue weighted by Gasteiger charge is 2.10. The Morgan fingerprint density at radius 1 is 1.04 bits per heavy atom. The van der Waals surface area contributed by atoms with Crippen molar-refractivity contribution in [2.45, 2.75) is 6.42 Å². The predicted octanol–water partition coefficient (Wildman–Crippen LogP) is 4.85. The Morgan fingerprint density at radius 2 is 1.81 bits per heavy atom. The van der Waals surface area contributed by atoms with Crippen LogP contribution in [0.1, 0.15) is 5.56 Å². The van der Waals surface area contributed by atoms with E-state index in [0.29, 0.717) is 23.0 Å². The van der Waals surface area contributed by atoms with Gasteiger partial charge in [0, 0.05) is 16.6 Å². The van der Waals surface area contributed by atoms with Crippen molar-refractivity contribution in [3.8, 4) is 0 Å². The standard InChI is InChI=1S/C17H13Cl2F2N5/c18-11-5-4-10(12(19)8-11)6-7-22-17-25-15(9-23-26-17)24-16-13(20)2-1-3-14(16)21/h1-5,8-9H,6-7H2,(H2,22,24,25,26). The molecule has 134 valence electrons. The van der Waals surface area contributed by atoms with Crippen molar-refractivity contribution in [2.24, 2.45) is 0 Å². The number of hydrogen-bond donors (Lipinski definition) is 2. The first-order chi connectivity index (χ1) is 12.5. The smallest absolute Gasteiger partial charge is 0.244 e. The summed E-state index contributed by atoms with van der Waals surface area (Å²) in [5.74, 6) is -1.07. The first-order valence-electron chi connectivity index (χ1n) is 7.61. The van der Waals surface area contributed by atoms with Crippen LogP contribution >= 0.6 is 23.2 Å². The van der Waals surface area contributed by atoms with Gasteiger partial charge in [0.1, 0.15) is 17.3 Å². The van der Waals surface area contributed by atoms with Gasteiger partial charge in [-0.05, 0) is 36.2 Å². The third-order valence-electron chi connectivity index (χ3n) is 3.47. The fraction of sp³-hybridized carbons (Fsp3) is 0.118. The molecule has 2 aromatic carbocycles. The van der Waals surface area contributed by atoms with Crippen LogP contribution in [0.2, 0.25) is 10.0 Å². The molecule has 3 aromatic rings. The minimum Gasteiger partial charge on any atom is -0.353 e. The largest absolute Gasteiger partial charge is 0.353 e. The molecular formula is C17H13Cl2F2N5. The molecule has 1 aromatic heterocycles. The fourth-order valence-electron chi connectivity index (χ4n) is 2.22. The molecule has 1 heterocycles. The number of hydrogen-bond acceptors (Lipinski definition) is 5. The summed E-state index contributed by atoms with van der Waals surface area (Å²) in [6.07, 6.45) is 1.88. The molecule has 3 rings (SSSR count). The molecule has 0 atom stereocenters. The van der Waals surface area contributed by atoms with E-state index in [1.807, 2.05) is 6.07 Å². The maximum atomic E-state index is 13.7. The maximum absolute atomic E-state index is 13.7. The first kappa shape index (κ1) is 18.3. The summed E-state index contributed by atoms with van der Waals surface area (Å²) in [6, 6.07) is 8.84. The van der Waals surface area contributed by atoms with E-state index in [1.54, 1.807) is 12.1 Å². The minimum absolute atomic E-state index is 0.163. The van der Waals surface area contributed by atoms with E-state index in [4.69, 9.17) is 23.2 Å². The Morgan fingerprint density at radius 3 is 2.54 bits per heavy atom. The lowest BCUT2D eigenvalue weighted by Gasteiger charge is -2.09. The fourth-order valence-corrected chi connectivity index (χ4v) is 2.72. The number of nitrogens with one attached hydrogen (secondary N) is 2. The van der Waals surface area contributed by atoms with Crippen LogP contribution in [0, 0.1) is 11.6 Å². The van der Waals surface area contributed by atoms with Crippen molar-refractivity contribution in [1.82, 2.24) is 15.2 Å². The number of rotatable bonds is 6. The average Bonchev–Trinajstić information content (AvgIpc) is 2.61. The normalized spacial score (nSPS) is 10.6. The molecule has 5 nitrogen and oxygen atoms in total. The molecule has 0 unspecified atom stereocenters. The molecule has 0 aliphatic carbocycles. The predicted molar refractivity (Wildman–Crippen MR) is 98.1 cm³/mol. The lowest BCUT2D eigenvalue weighted by molar-refractivity contribution is 0.590. The summed E-state index contributed by atoms with van der Waals surface area (Å²) in [7, 11) is 0. The van der Waals surface area contributed by atoms with Gasteiger partial charge in [0.25, 0.3) is 0 Å². The zero-order valence-corrected chi connectivity index (χ0v) is 14.8. The second kappa shape index (κ2) is 8.25. The highest BCUT2D eigenvalue weighted by molar-refractivity contribution is 6.35. The van der Waals surface area contributed by atoms with Gasteiger partial charge < -0.3 is 10.6 Å². The van der Waals surface area contributed by atoms with Crippen molar-refractivity contribution in [3.63, 3.8) is 0 Å². The molecule has 26 heavy (non-hydrogen) atoms. The number of benzene rings is 2. The Kier molecular flexibility index (Phi) is 5.80. The minimum atomic E-state index is -0.726.